The van der Waals surface area contributed by atoms with Crippen molar-refractivity contribution in [2.45, 2.75) is 25.4 Å². The summed E-state index contributed by atoms with van der Waals surface area (Å²) in [5.74, 6) is -0.877. The van der Waals surface area contributed by atoms with E-state index in [4.69, 9.17) is 14.9 Å². The second-order valence-corrected chi connectivity index (χ2v) is 3.48. The maximum atomic E-state index is 10.6. The molecule has 0 aliphatic carbocycles. The Bertz CT molecular complexity index is 232. The minimum Gasteiger partial charge on any atom is -0.481 e. The van der Waals surface area contributed by atoms with Crippen molar-refractivity contribution in [2.75, 3.05) is 19.7 Å². The highest BCUT2D eigenvalue weighted by molar-refractivity contribution is 5.66. The van der Waals surface area contributed by atoms with Crippen molar-refractivity contribution < 1.29 is 24.5 Å². The van der Waals surface area contributed by atoms with Crippen LogP contribution in [-0.2, 0) is 9.53 Å². The number of ether oxygens (including phenoxy) is 1. The van der Waals surface area contributed by atoms with Crippen LogP contribution in [0.25, 0.3) is 0 Å². The highest BCUT2D eigenvalue weighted by atomic mass is 16.5. The lowest BCUT2D eigenvalue weighted by Crippen LogP contribution is -2.40. The molecule has 0 aromatic heterocycles. The molecule has 0 unspecified atom stereocenters. The van der Waals surface area contributed by atoms with E-state index in [9.17, 15) is 9.59 Å². The largest absolute Gasteiger partial charge is 0.481 e. The van der Waals surface area contributed by atoms with Crippen molar-refractivity contribution in [3.63, 3.8) is 0 Å². The quantitative estimate of drug-likeness (QED) is 0.720. The van der Waals surface area contributed by atoms with Gasteiger partial charge in [0.1, 0.15) is 0 Å². The van der Waals surface area contributed by atoms with E-state index >= 15 is 0 Å². The number of amides is 1. The zero-order valence-electron chi connectivity index (χ0n) is 8.39. The van der Waals surface area contributed by atoms with Gasteiger partial charge in [-0.05, 0) is 12.8 Å². The molecule has 6 nitrogen and oxygen atoms in total. The smallest absolute Gasteiger partial charge is 0.407 e. The first-order valence-electron chi connectivity index (χ1n) is 4.91. The van der Waals surface area contributed by atoms with Gasteiger partial charge in [-0.3, -0.25) is 4.79 Å². The number of likely N-dealkylation sites (tertiary alicyclic amines) is 1. The summed E-state index contributed by atoms with van der Waals surface area (Å²) in [7, 11) is 0. The molecule has 1 saturated heterocycles. The summed E-state index contributed by atoms with van der Waals surface area (Å²) >= 11 is 0. The van der Waals surface area contributed by atoms with Crippen molar-refractivity contribution >= 4 is 12.1 Å². The van der Waals surface area contributed by atoms with E-state index < -0.39 is 12.1 Å². The summed E-state index contributed by atoms with van der Waals surface area (Å²) in [6.07, 6.45) is 0.385. The van der Waals surface area contributed by atoms with Gasteiger partial charge in [-0.25, -0.2) is 4.79 Å². The molecule has 1 amide bonds. The monoisotopic (exact) mass is 217 g/mol. The number of carboxylic acid groups (broad SMARTS) is 2. The van der Waals surface area contributed by atoms with Crippen molar-refractivity contribution in [2.24, 2.45) is 0 Å². The first-order valence-corrected chi connectivity index (χ1v) is 4.91. The fraction of sp³-hybridized carbons (Fsp3) is 0.778. The van der Waals surface area contributed by atoms with Gasteiger partial charge >= 0.3 is 12.1 Å². The Morgan fingerprint density at radius 1 is 1.27 bits per heavy atom. The first-order chi connectivity index (χ1) is 7.09. The summed E-state index contributed by atoms with van der Waals surface area (Å²) in [6.45, 7) is 1.13. The average molecular weight is 217 g/mol. The molecule has 0 aromatic rings. The molecule has 1 heterocycles. The molecule has 1 aliphatic heterocycles. The second-order valence-electron chi connectivity index (χ2n) is 3.48. The van der Waals surface area contributed by atoms with Gasteiger partial charge in [0.15, 0.2) is 0 Å². The van der Waals surface area contributed by atoms with Crippen molar-refractivity contribution in [1.82, 2.24) is 4.90 Å². The Balaban J connectivity index is 2.14. The molecule has 6 heteroatoms. The molecule has 1 fully saturated rings. The Morgan fingerprint density at radius 3 is 2.33 bits per heavy atom. The summed E-state index contributed by atoms with van der Waals surface area (Å²) in [5.41, 5.74) is 0. The van der Waals surface area contributed by atoms with E-state index in [1.54, 1.807) is 0 Å². The van der Waals surface area contributed by atoms with Gasteiger partial charge in [-0.15, -0.1) is 0 Å². The Morgan fingerprint density at radius 2 is 1.87 bits per heavy atom. The van der Waals surface area contributed by atoms with Crippen LogP contribution >= 0.6 is 0 Å². The molecule has 0 atom stereocenters. The lowest BCUT2D eigenvalue weighted by molar-refractivity contribution is -0.138. The zero-order valence-corrected chi connectivity index (χ0v) is 8.39. The van der Waals surface area contributed by atoms with Crippen LogP contribution in [-0.4, -0.2) is 53.0 Å². The summed E-state index contributed by atoms with van der Waals surface area (Å²) in [5, 5.41) is 17.1. The van der Waals surface area contributed by atoms with E-state index in [1.165, 1.54) is 4.90 Å². The molecule has 1 rings (SSSR count). The predicted molar refractivity (Wildman–Crippen MR) is 50.8 cm³/mol. The van der Waals surface area contributed by atoms with Crippen LogP contribution in [0, 0.1) is 0 Å². The fourth-order valence-electron chi connectivity index (χ4n) is 1.53. The van der Waals surface area contributed by atoms with Crippen LogP contribution in [0.2, 0.25) is 0 Å². The molecule has 86 valence electrons. The molecule has 0 bridgehead atoms. The number of carboxylic acids is 1. The molecule has 0 radical (unpaired) electrons. The Kier molecular flexibility index (Phi) is 4.36. The van der Waals surface area contributed by atoms with E-state index in [1.807, 2.05) is 0 Å². The van der Waals surface area contributed by atoms with E-state index in [0.29, 0.717) is 25.9 Å². The normalized spacial score (nSPS) is 17.7. The molecule has 0 aromatic carbocycles. The van der Waals surface area contributed by atoms with Crippen molar-refractivity contribution in [3.05, 3.63) is 0 Å². The SMILES string of the molecule is O=C(O)CCOC1CCN(C(=O)O)CC1. The molecule has 2 N–H and O–H groups in total. The van der Waals surface area contributed by atoms with Crippen LogP contribution in [0.15, 0.2) is 0 Å². The van der Waals surface area contributed by atoms with Gasteiger partial charge in [0.25, 0.3) is 0 Å². The van der Waals surface area contributed by atoms with Gasteiger partial charge in [-0.2, -0.15) is 0 Å². The fourth-order valence-corrected chi connectivity index (χ4v) is 1.53. The summed E-state index contributed by atoms with van der Waals surface area (Å²) in [6, 6.07) is 0. The third-order valence-corrected chi connectivity index (χ3v) is 2.38. The van der Waals surface area contributed by atoms with E-state index in [2.05, 4.69) is 0 Å². The zero-order chi connectivity index (χ0) is 11.3. The molecule has 0 saturated carbocycles. The first kappa shape index (κ1) is 11.8. The molecular formula is C9H15NO5. The molecular weight excluding hydrogens is 202 g/mol. The standard InChI is InChI=1S/C9H15NO5/c11-8(12)3-6-15-7-1-4-10(5-2-7)9(13)14/h7H,1-6H2,(H,11,12)(H,13,14). The minimum absolute atomic E-state index is 0.0000463. The van der Waals surface area contributed by atoms with Crippen LogP contribution < -0.4 is 0 Å². The number of piperidine rings is 1. The Hall–Kier alpha value is -1.30. The van der Waals surface area contributed by atoms with E-state index in [-0.39, 0.29) is 19.1 Å². The highest BCUT2D eigenvalue weighted by Crippen LogP contribution is 2.13. The van der Waals surface area contributed by atoms with Crippen LogP contribution in [0.1, 0.15) is 19.3 Å². The summed E-state index contributed by atoms with van der Waals surface area (Å²) < 4.78 is 5.32. The lowest BCUT2D eigenvalue weighted by Gasteiger charge is -2.29. The Labute approximate surface area is 87.4 Å². The number of carbonyl (C=O) groups is 2. The highest BCUT2D eigenvalue weighted by Gasteiger charge is 2.22. The van der Waals surface area contributed by atoms with Crippen molar-refractivity contribution in [1.29, 1.82) is 0 Å². The maximum absolute atomic E-state index is 10.6. The topological polar surface area (TPSA) is 87.1 Å². The van der Waals surface area contributed by atoms with Crippen LogP contribution in [0.5, 0.6) is 0 Å². The average Bonchev–Trinajstić information content (AvgIpc) is 2.18. The summed E-state index contributed by atoms with van der Waals surface area (Å²) in [4.78, 5) is 22.1. The number of aliphatic carboxylic acids is 1. The molecule has 0 spiro atoms. The van der Waals surface area contributed by atoms with Gasteiger partial charge in [0.2, 0.25) is 0 Å². The molecule has 1 aliphatic rings. The van der Waals surface area contributed by atoms with E-state index in [0.717, 1.165) is 0 Å². The number of rotatable bonds is 4. The van der Waals surface area contributed by atoms with Crippen LogP contribution in [0.3, 0.4) is 0 Å². The number of nitrogens with zero attached hydrogens (tertiary/aromatic N) is 1. The third-order valence-electron chi connectivity index (χ3n) is 2.38. The number of hydrogen-bond donors (Lipinski definition) is 2. The van der Waals surface area contributed by atoms with Crippen LogP contribution in [0.4, 0.5) is 4.79 Å². The lowest BCUT2D eigenvalue weighted by atomic mass is 10.1. The minimum atomic E-state index is -0.904. The predicted octanol–water partition coefficient (Wildman–Crippen LogP) is 0.620. The third kappa shape index (κ3) is 4.16. The maximum Gasteiger partial charge on any atom is 0.407 e. The van der Waals surface area contributed by atoms with Gasteiger partial charge in [0, 0.05) is 13.1 Å². The van der Waals surface area contributed by atoms with Gasteiger partial charge < -0.3 is 19.8 Å². The second kappa shape index (κ2) is 5.55. The van der Waals surface area contributed by atoms with Gasteiger partial charge in [-0.1, -0.05) is 0 Å². The number of hydrogen-bond acceptors (Lipinski definition) is 3. The molecule has 15 heavy (non-hydrogen) atoms. The van der Waals surface area contributed by atoms with Gasteiger partial charge in [0.05, 0.1) is 19.1 Å². The van der Waals surface area contributed by atoms with Crippen molar-refractivity contribution in [3.8, 4) is 0 Å².